The second-order valence-electron chi connectivity index (χ2n) is 3.68. The van der Waals surface area contributed by atoms with Crippen LogP contribution in [-0.2, 0) is 6.54 Å². The maximum absolute atomic E-state index is 8.87. The van der Waals surface area contributed by atoms with Gasteiger partial charge >= 0.3 is 0 Å². The first kappa shape index (κ1) is 11.7. The smallest absolute Gasteiger partial charge is 0.0970 e. The van der Waals surface area contributed by atoms with E-state index < -0.39 is 0 Å². The molecule has 82 valence electrons. The number of aromatic nitrogens is 2. The van der Waals surface area contributed by atoms with Gasteiger partial charge in [-0.05, 0) is 32.9 Å². The Morgan fingerprint density at radius 3 is 2.80 bits per heavy atom. The zero-order chi connectivity index (χ0) is 11.3. The molecule has 0 radical (unpaired) electrons. The zero-order valence-electron chi connectivity index (χ0n) is 9.62. The molecule has 0 spiro atoms. The highest BCUT2D eigenvalue weighted by Crippen LogP contribution is 2.03. The molecular formula is C11H18N4. The van der Waals surface area contributed by atoms with Gasteiger partial charge in [-0.1, -0.05) is 6.92 Å². The highest BCUT2D eigenvalue weighted by atomic mass is 15.3. The Labute approximate surface area is 90.9 Å². The molecule has 0 aliphatic carbocycles. The average molecular weight is 206 g/mol. The number of rotatable bonds is 5. The van der Waals surface area contributed by atoms with Crippen molar-refractivity contribution in [2.45, 2.75) is 39.8 Å². The van der Waals surface area contributed by atoms with E-state index in [1.54, 1.807) is 0 Å². The second kappa shape index (κ2) is 5.52. The second-order valence-corrected chi connectivity index (χ2v) is 3.68. The van der Waals surface area contributed by atoms with Gasteiger partial charge in [0.2, 0.25) is 0 Å². The molecule has 1 atom stereocenters. The molecule has 15 heavy (non-hydrogen) atoms. The van der Waals surface area contributed by atoms with Gasteiger partial charge in [-0.25, -0.2) is 0 Å². The number of aryl methyl sites for hydroxylation is 3. The van der Waals surface area contributed by atoms with E-state index in [0.29, 0.717) is 0 Å². The molecule has 0 aromatic carbocycles. The molecule has 4 nitrogen and oxygen atoms in total. The van der Waals surface area contributed by atoms with Crippen LogP contribution in [0.2, 0.25) is 0 Å². The van der Waals surface area contributed by atoms with Crippen LogP contribution in [0.15, 0.2) is 6.07 Å². The first-order valence-corrected chi connectivity index (χ1v) is 5.31. The van der Waals surface area contributed by atoms with E-state index in [1.807, 2.05) is 25.5 Å². The van der Waals surface area contributed by atoms with Gasteiger partial charge in [-0.2, -0.15) is 10.4 Å². The molecule has 0 aliphatic heterocycles. The first-order chi connectivity index (χ1) is 7.17. The van der Waals surface area contributed by atoms with E-state index in [9.17, 15) is 0 Å². The summed E-state index contributed by atoms with van der Waals surface area (Å²) in [4.78, 5) is 0. The number of nitrogens with one attached hydrogen (secondary N) is 1. The van der Waals surface area contributed by atoms with E-state index in [1.165, 1.54) is 0 Å². The molecule has 1 unspecified atom stereocenters. The first-order valence-electron chi connectivity index (χ1n) is 5.31. The largest absolute Gasteiger partial charge is 0.302 e. The third-order valence-electron chi connectivity index (χ3n) is 2.34. The Hall–Kier alpha value is -1.34. The standard InChI is InChI=1S/C11H18N4/c1-4-13-11(8-12)5-6-15-10(3)7-9(2)14-15/h7,11,13H,4-6H2,1-3H3. The summed E-state index contributed by atoms with van der Waals surface area (Å²) in [6, 6.07) is 4.23. The summed E-state index contributed by atoms with van der Waals surface area (Å²) in [6.07, 6.45) is 0.798. The lowest BCUT2D eigenvalue weighted by molar-refractivity contribution is 0.494. The van der Waals surface area contributed by atoms with E-state index in [4.69, 9.17) is 5.26 Å². The number of nitriles is 1. The quantitative estimate of drug-likeness (QED) is 0.792. The zero-order valence-corrected chi connectivity index (χ0v) is 9.62. The minimum atomic E-state index is -0.0705. The Morgan fingerprint density at radius 2 is 2.33 bits per heavy atom. The molecule has 1 N–H and O–H groups in total. The predicted molar refractivity (Wildman–Crippen MR) is 59.4 cm³/mol. The molecule has 1 rings (SSSR count). The van der Waals surface area contributed by atoms with Gasteiger partial charge in [0.15, 0.2) is 0 Å². The SMILES string of the molecule is CCNC(C#N)CCn1nc(C)cc1C. The number of hydrogen-bond acceptors (Lipinski definition) is 3. The van der Waals surface area contributed by atoms with Crippen LogP contribution < -0.4 is 5.32 Å². The number of nitrogens with zero attached hydrogens (tertiary/aromatic N) is 3. The van der Waals surface area contributed by atoms with Crippen LogP contribution in [0.5, 0.6) is 0 Å². The van der Waals surface area contributed by atoms with Crippen molar-refractivity contribution in [1.29, 1.82) is 5.26 Å². The summed E-state index contributed by atoms with van der Waals surface area (Å²) < 4.78 is 1.96. The molecule has 0 bridgehead atoms. The lowest BCUT2D eigenvalue weighted by Crippen LogP contribution is -2.28. The van der Waals surface area contributed by atoms with Crippen molar-refractivity contribution in [3.8, 4) is 6.07 Å². The Balaban J connectivity index is 2.49. The molecule has 0 amide bonds. The average Bonchev–Trinajstić information content (AvgIpc) is 2.52. The van der Waals surface area contributed by atoms with Gasteiger partial charge in [0.1, 0.15) is 0 Å². The van der Waals surface area contributed by atoms with Crippen molar-refractivity contribution in [2.24, 2.45) is 0 Å². The summed E-state index contributed by atoms with van der Waals surface area (Å²) in [7, 11) is 0. The van der Waals surface area contributed by atoms with Crippen molar-refractivity contribution < 1.29 is 0 Å². The maximum Gasteiger partial charge on any atom is 0.0970 e. The molecule has 0 saturated heterocycles. The molecule has 1 aromatic heterocycles. The summed E-state index contributed by atoms with van der Waals surface area (Å²) in [6.45, 7) is 7.65. The van der Waals surface area contributed by atoms with Crippen LogP contribution in [0.3, 0.4) is 0 Å². The van der Waals surface area contributed by atoms with Crippen molar-refractivity contribution >= 4 is 0 Å². The van der Waals surface area contributed by atoms with Gasteiger partial charge in [-0.15, -0.1) is 0 Å². The lowest BCUT2D eigenvalue weighted by Gasteiger charge is -2.10. The lowest BCUT2D eigenvalue weighted by atomic mass is 10.2. The molecule has 0 aliphatic rings. The van der Waals surface area contributed by atoms with Crippen LogP contribution in [0, 0.1) is 25.2 Å². The van der Waals surface area contributed by atoms with Gasteiger partial charge in [0.05, 0.1) is 17.8 Å². The van der Waals surface area contributed by atoms with Gasteiger partial charge in [-0.3, -0.25) is 4.68 Å². The van der Waals surface area contributed by atoms with Gasteiger partial charge < -0.3 is 5.32 Å². The Bertz CT molecular complexity index is 348. The van der Waals surface area contributed by atoms with E-state index in [-0.39, 0.29) is 6.04 Å². The summed E-state index contributed by atoms with van der Waals surface area (Å²) in [5.41, 5.74) is 2.19. The van der Waals surface area contributed by atoms with Crippen LogP contribution in [-0.4, -0.2) is 22.4 Å². The van der Waals surface area contributed by atoms with Crippen molar-refractivity contribution in [2.75, 3.05) is 6.54 Å². The molecule has 0 saturated carbocycles. The van der Waals surface area contributed by atoms with Gasteiger partial charge in [0.25, 0.3) is 0 Å². The van der Waals surface area contributed by atoms with Crippen LogP contribution in [0.4, 0.5) is 0 Å². The van der Waals surface area contributed by atoms with Crippen LogP contribution in [0.1, 0.15) is 24.7 Å². The molecule has 0 fully saturated rings. The van der Waals surface area contributed by atoms with E-state index >= 15 is 0 Å². The molecule has 1 aromatic rings. The van der Waals surface area contributed by atoms with E-state index in [2.05, 4.69) is 22.6 Å². The normalized spacial score (nSPS) is 12.4. The Morgan fingerprint density at radius 1 is 1.60 bits per heavy atom. The van der Waals surface area contributed by atoms with E-state index in [0.717, 1.165) is 30.9 Å². The molecule has 1 heterocycles. The fourth-order valence-electron chi connectivity index (χ4n) is 1.61. The van der Waals surface area contributed by atoms with Crippen LogP contribution >= 0.6 is 0 Å². The fourth-order valence-corrected chi connectivity index (χ4v) is 1.61. The van der Waals surface area contributed by atoms with Crippen molar-refractivity contribution in [1.82, 2.24) is 15.1 Å². The topological polar surface area (TPSA) is 53.6 Å². The summed E-state index contributed by atoms with van der Waals surface area (Å²) in [5.74, 6) is 0. The third-order valence-corrected chi connectivity index (χ3v) is 2.34. The minimum absolute atomic E-state index is 0.0705. The van der Waals surface area contributed by atoms with Crippen LogP contribution in [0.25, 0.3) is 0 Å². The molecular weight excluding hydrogens is 188 g/mol. The number of hydrogen-bond donors (Lipinski definition) is 1. The maximum atomic E-state index is 8.87. The van der Waals surface area contributed by atoms with Crippen molar-refractivity contribution in [3.05, 3.63) is 17.5 Å². The highest BCUT2D eigenvalue weighted by molar-refractivity contribution is 5.06. The molecule has 4 heteroatoms. The summed E-state index contributed by atoms with van der Waals surface area (Å²) >= 11 is 0. The monoisotopic (exact) mass is 206 g/mol. The minimum Gasteiger partial charge on any atom is -0.302 e. The highest BCUT2D eigenvalue weighted by Gasteiger charge is 2.07. The predicted octanol–water partition coefficient (Wildman–Crippen LogP) is 1.39. The fraction of sp³-hybridized carbons (Fsp3) is 0.636. The van der Waals surface area contributed by atoms with Gasteiger partial charge in [0, 0.05) is 12.2 Å². The third kappa shape index (κ3) is 3.37. The summed E-state index contributed by atoms with van der Waals surface area (Å²) in [5, 5.41) is 16.4. The van der Waals surface area contributed by atoms with Crippen molar-refractivity contribution in [3.63, 3.8) is 0 Å². The Kier molecular flexibility index (Phi) is 4.32.